The third kappa shape index (κ3) is 5.27. The van der Waals surface area contributed by atoms with Crippen LogP contribution >= 0.6 is 11.3 Å². The molecule has 2 aromatic rings. The maximum absolute atomic E-state index is 12.3. The summed E-state index contributed by atoms with van der Waals surface area (Å²) in [5.74, 6) is -0.0287. The van der Waals surface area contributed by atoms with Crippen molar-refractivity contribution in [2.24, 2.45) is 0 Å². The minimum Gasteiger partial charge on any atom is -0.369 e. The van der Waals surface area contributed by atoms with Crippen molar-refractivity contribution in [2.75, 3.05) is 57.5 Å². The van der Waals surface area contributed by atoms with E-state index >= 15 is 0 Å². The maximum atomic E-state index is 12.3. The molecule has 6 nitrogen and oxygen atoms in total. The average molecular weight is 374 g/mol. The molecule has 3 rings (SSSR count). The summed E-state index contributed by atoms with van der Waals surface area (Å²) < 4.78 is 0. The Bertz CT molecular complexity index is 720. The highest BCUT2D eigenvalue weighted by Gasteiger charge is 2.14. The summed E-state index contributed by atoms with van der Waals surface area (Å²) >= 11 is 1.60. The first kappa shape index (κ1) is 18.8. The van der Waals surface area contributed by atoms with E-state index < -0.39 is 0 Å². The highest BCUT2D eigenvalue weighted by Crippen LogP contribution is 2.19. The Labute approximate surface area is 159 Å². The highest BCUT2D eigenvalue weighted by atomic mass is 32.1. The van der Waals surface area contributed by atoms with E-state index in [1.165, 1.54) is 5.69 Å². The van der Waals surface area contributed by atoms with E-state index in [-0.39, 0.29) is 5.91 Å². The summed E-state index contributed by atoms with van der Waals surface area (Å²) in [6.07, 6.45) is 0.310. The molecule has 0 atom stereocenters. The molecule has 0 spiro atoms. The zero-order valence-electron chi connectivity index (χ0n) is 15.7. The number of piperazine rings is 1. The number of carbonyl (C=O) groups excluding carboxylic acids is 1. The van der Waals surface area contributed by atoms with Crippen LogP contribution in [0.1, 0.15) is 10.7 Å². The number of thiazole rings is 1. The van der Waals surface area contributed by atoms with Gasteiger partial charge >= 0.3 is 0 Å². The number of aromatic nitrogens is 1. The Balaban J connectivity index is 1.52. The molecule has 26 heavy (non-hydrogen) atoms. The number of likely N-dealkylation sites (N-methyl/N-ethyl adjacent to an activating group) is 1. The van der Waals surface area contributed by atoms with Crippen molar-refractivity contribution in [3.05, 3.63) is 40.3 Å². The summed E-state index contributed by atoms with van der Waals surface area (Å²) in [5, 5.41) is 5.97. The lowest BCUT2D eigenvalue weighted by Gasteiger charge is -2.34. The number of rotatable bonds is 6. The van der Waals surface area contributed by atoms with E-state index in [2.05, 4.69) is 44.2 Å². The molecule has 7 heteroatoms. The zero-order valence-corrected chi connectivity index (χ0v) is 16.6. The van der Waals surface area contributed by atoms with Gasteiger partial charge in [-0.2, -0.15) is 0 Å². The largest absolute Gasteiger partial charge is 0.369 e. The number of anilines is 2. The van der Waals surface area contributed by atoms with Gasteiger partial charge in [0.1, 0.15) is 5.01 Å². The van der Waals surface area contributed by atoms with Crippen LogP contribution in [-0.4, -0.2) is 68.0 Å². The van der Waals surface area contributed by atoms with Crippen LogP contribution in [-0.2, 0) is 17.8 Å². The molecule has 1 aliphatic heterocycles. The number of nitrogens with one attached hydrogen (secondary N) is 1. The molecule has 2 heterocycles. The predicted molar refractivity (Wildman–Crippen MR) is 108 cm³/mol. The van der Waals surface area contributed by atoms with Crippen molar-refractivity contribution in [1.82, 2.24) is 14.8 Å². The summed E-state index contributed by atoms with van der Waals surface area (Å²) in [6, 6.07) is 8.12. The summed E-state index contributed by atoms with van der Waals surface area (Å²) in [5.41, 5.74) is 2.87. The second kappa shape index (κ2) is 8.62. The summed E-state index contributed by atoms with van der Waals surface area (Å²) in [6.45, 7) is 5.06. The zero-order chi connectivity index (χ0) is 18.5. The molecule has 1 aromatic carbocycles. The van der Waals surface area contributed by atoms with Crippen LogP contribution in [0.5, 0.6) is 0 Å². The molecule has 0 aliphatic carbocycles. The normalized spacial score (nSPS) is 15.5. The number of carbonyl (C=O) groups is 1. The standard InChI is InChI=1S/C19H27N5OS/c1-22(2)13-19-21-16(14-26-19)12-18(25)20-15-4-6-17(7-5-15)24-10-8-23(3)9-11-24/h4-7,14H,8-13H2,1-3H3,(H,20,25). The van der Waals surface area contributed by atoms with E-state index in [0.717, 1.165) is 49.1 Å². The lowest BCUT2D eigenvalue weighted by Crippen LogP contribution is -2.44. The monoisotopic (exact) mass is 373 g/mol. The molecule has 0 bridgehead atoms. The minimum atomic E-state index is -0.0287. The van der Waals surface area contributed by atoms with Gasteiger partial charge in [-0.1, -0.05) is 0 Å². The number of amides is 1. The van der Waals surface area contributed by atoms with Gasteiger partial charge < -0.3 is 20.0 Å². The molecule has 140 valence electrons. The molecule has 1 saturated heterocycles. The maximum Gasteiger partial charge on any atom is 0.230 e. The average Bonchev–Trinajstić information content (AvgIpc) is 3.02. The van der Waals surface area contributed by atoms with Crippen LogP contribution in [0.2, 0.25) is 0 Å². The van der Waals surface area contributed by atoms with Gasteiger partial charge in [-0.3, -0.25) is 4.79 Å². The fraction of sp³-hybridized carbons (Fsp3) is 0.474. The van der Waals surface area contributed by atoms with Gasteiger partial charge in [0.05, 0.1) is 12.1 Å². The smallest absolute Gasteiger partial charge is 0.230 e. The van der Waals surface area contributed by atoms with Crippen LogP contribution < -0.4 is 10.2 Å². The highest BCUT2D eigenvalue weighted by molar-refractivity contribution is 7.09. The molecule has 0 unspecified atom stereocenters. The van der Waals surface area contributed by atoms with Crippen molar-refractivity contribution >= 4 is 28.6 Å². The Morgan fingerprint density at radius 1 is 1.19 bits per heavy atom. The Kier molecular flexibility index (Phi) is 6.24. The van der Waals surface area contributed by atoms with Gasteiger partial charge in [-0.25, -0.2) is 4.98 Å². The van der Waals surface area contributed by atoms with Gasteiger partial charge in [-0.15, -0.1) is 11.3 Å². The topological polar surface area (TPSA) is 51.7 Å². The quantitative estimate of drug-likeness (QED) is 0.841. The van der Waals surface area contributed by atoms with Gasteiger partial charge in [0.2, 0.25) is 5.91 Å². The van der Waals surface area contributed by atoms with Crippen molar-refractivity contribution in [3.63, 3.8) is 0 Å². The molecular weight excluding hydrogens is 346 g/mol. The molecule has 1 fully saturated rings. The second-order valence-electron chi connectivity index (χ2n) is 7.03. The van der Waals surface area contributed by atoms with E-state index in [4.69, 9.17) is 0 Å². The minimum absolute atomic E-state index is 0.0287. The second-order valence-corrected chi connectivity index (χ2v) is 7.98. The van der Waals surface area contributed by atoms with Gasteiger partial charge in [0.25, 0.3) is 0 Å². The predicted octanol–water partition coefficient (Wildman–Crippen LogP) is 2.14. The van der Waals surface area contributed by atoms with Gasteiger partial charge in [-0.05, 0) is 45.4 Å². The van der Waals surface area contributed by atoms with Crippen LogP contribution in [0.3, 0.4) is 0 Å². The molecule has 1 aromatic heterocycles. The van der Waals surface area contributed by atoms with Gasteiger partial charge in [0, 0.05) is 49.5 Å². The molecule has 1 N–H and O–H groups in total. The van der Waals surface area contributed by atoms with Crippen LogP contribution in [0.4, 0.5) is 11.4 Å². The third-order valence-electron chi connectivity index (χ3n) is 4.41. The fourth-order valence-corrected chi connectivity index (χ4v) is 3.87. The van der Waals surface area contributed by atoms with Crippen LogP contribution in [0, 0.1) is 0 Å². The number of hydrogen-bond donors (Lipinski definition) is 1. The number of hydrogen-bond acceptors (Lipinski definition) is 6. The lowest BCUT2D eigenvalue weighted by molar-refractivity contribution is -0.115. The first-order valence-corrected chi connectivity index (χ1v) is 9.79. The number of benzene rings is 1. The van der Waals surface area contributed by atoms with Crippen LogP contribution in [0.15, 0.2) is 29.6 Å². The number of nitrogens with zero attached hydrogens (tertiary/aromatic N) is 4. The van der Waals surface area contributed by atoms with E-state index in [0.29, 0.717) is 6.42 Å². The molecule has 0 saturated carbocycles. The van der Waals surface area contributed by atoms with Crippen molar-refractivity contribution < 1.29 is 4.79 Å². The Hall–Kier alpha value is -1.96. The Morgan fingerprint density at radius 3 is 2.54 bits per heavy atom. The fourth-order valence-electron chi connectivity index (χ4n) is 2.96. The summed E-state index contributed by atoms with van der Waals surface area (Å²) in [7, 11) is 6.18. The Morgan fingerprint density at radius 2 is 1.88 bits per heavy atom. The molecule has 1 amide bonds. The molecule has 1 aliphatic rings. The van der Waals surface area contributed by atoms with E-state index in [1.807, 2.05) is 31.6 Å². The van der Waals surface area contributed by atoms with Crippen molar-refractivity contribution in [3.8, 4) is 0 Å². The molecular formula is C19H27N5OS. The SMILES string of the molecule is CN(C)Cc1nc(CC(=O)Nc2ccc(N3CCN(C)CC3)cc2)cs1. The van der Waals surface area contributed by atoms with E-state index in [1.54, 1.807) is 11.3 Å². The van der Waals surface area contributed by atoms with Crippen LogP contribution in [0.25, 0.3) is 0 Å². The van der Waals surface area contributed by atoms with Crippen molar-refractivity contribution in [2.45, 2.75) is 13.0 Å². The van der Waals surface area contributed by atoms with Gasteiger partial charge in [0.15, 0.2) is 0 Å². The molecule has 0 radical (unpaired) electrons. The first-order chi connectivity index (χ1) is 12.5. The summed E-state index contributed by atoms with van der Waals surface area (Å²) in [4.78, 5) is 23.6. The van der Waals surface area contributed by atoms with Crippen molar-refractivity contribution in [1.29, 1.82) is 0 Å². The lowest BCUT2D eigenvalue weighted by atomic mass is 10.2. The first-order valence-electron chi connectivity index (χ1n) is 8.91. The van der Waals surface area contributed by atoms with E-state index in [9.17, 15) is 4.79 Å². The third-order valence-corrected chi connectivity index (χ3v) is 5.29.